The van der Waals surface area contributed by atoms with Gasteiger partial charge in [-0.3, -0.25) is 4.90 Å². The number of fused-ring (bicyclic) bond motifs is 1. The number of hydrogen-bond acceptors (Lipinski definition) is 3. The van der Waals surface area contributed by atoms with Gasteiger partial charge < -0.3 is 10.1 Å². The predicted octanol–water partition coefficient (Wildman–Crippen LogP) is 5.36. The van der Waals surface area contributed by atoms with Crippen LogP contribution in [-0.4, -0.2) is 17.5 Å². The Balaban J connectivity index is 1.65. The lowest BCUT2D eigenvalue weighted by Crippen LogP contribution is -2.30. The maximum Gasteiger partial charge on any atom is 0.168 e. The molecule has 0 amide bonds. The second-order valence-electron chi connectivity index (χ2n) is 8.03. The molecular formula is C24H31FN2O. The molecule has 4 heteroatoms. The molecule has 0 spiro atoms. The molecule has 1 heterocycles. The van der Waals surface area contributed by atoms with Gasteiger partial charge in [-0.2, -0.15) is 0 Å². The summed E-state index contributed by atoms with van der Waals surface area (Å²) in [6, 6.07) is 12.7. The second kappa shape index (κ2) is 8.78. The average Bonchev–Trinajstić information content (AvgIpc) is 2.64. The molecule has 28 heavy (non-hydrogen) atoms. The van der Waals surface area contributed by atoms with Gasteiger partial charge in [-0.15, -0.1) is 0 Å². The van der Waals surface area contributed by atoms with Crippen LogP contribution in [0.1, 0.15) is 56.0 Å². The van der Waals surface area contributed by atoms with E-state index in [-0.39, 0.29) is 18.0 Å². The van der Waals surface area contributed by atoms with Crippen LogP contribution in [0.5, 0.6) is 5.75 Å². The van der Waals surface area contributed by atoms with Gasteiger partial charge in [-0.05, 0) is 62.4 Å². The lowest BCUT2D eigenvalue weighted by Gasteiger charge is -2.29. The van der Waals surface area contributed by atoms with E-state index in [1.807, 2.05) is 26.8 Å². The van der Waals surface area contributed by atoms with E-state index in [0.717, 1.165) is 36.5 Å². The van der Waals surface area contributed by atoms with Crippen molar-refractivity contribution < 1.29 is 9.13 Å². The van der Waals surface area contributed by atoms with Gasteiger partial charge in [0.2, 0.25) is 0 Å². The van der Waals surface area contributed by atoms with Crippen LogP contribution < -0.4 is 10.1 Å². The molecule has 0 saturated heterocycles. The molecule has 2 aromatic carbocycles. The summed E-state index contributed by atoms with van der Waals surface area (Å²) >= 11 is 0. The fourth-order valence-electron chi connectivity index (χ4n) is 3.75. The van der Waals surface area contributed by atoms with Gasteiger partial charge in [-0.1, -0.05) is 36.9 Å². The number of rotatable bonds is 7. The number of nitrogens with one attached hydrogen (secondary N) is 1. The van der Waals surface area contributed by atoms with E-state index in [2.05, 4.69) is 48.0 Å². The van der Waals surface area contributed by atoms with Gasteiger partial charge in [0.1, 0.15) is 0 Å². The third kappa shape index (κ3) is 4.93. The first-order valence-corrected chi connectivity index (χ1v) is 10.0. The van der Waals surface area contributed by atoms with E-state index < -0.39 is 0 Å². The largest absolute Gasteiger partial charge is 0.488 e. The maximum absolute atomic E-state index is 14.7. The normalized spacial score (nSPS) is 15.2. The smallest absolute Gasteiger partial charge is 0.168 e. The Morgan fingerprint density at radius 2 is 1.89 bits per heavy atom. The van der Waals surface area contributed by atoms with Crippen LogP contribution in [0.15, 0.2) is 48.7 Å². The molecule has 0 aliphatic carbocycles. The van der Waals surface area contributed by atoms with Gasteiger partial charge in [-0.25, -0.2) is 4.39 Å². The highest BCUT2D eigenvalue weighted by atomic mass is 19.1. The van der Waals surface area contributed by atoms with Crippen LogP contribution in [0, 0.1) is 5.82 Å². The highest BCUT2D eigenvalue weighted by Crippen LogP contribution is 2.29. The van der Waals surface area contributed by atoms with Crippen molar-refractivity contribution in [3.8, 4) is 5.75 Å². The summed E-state index contributed by atoms with van der Waals surface area (Å²) in [6.45, 7) is 14.3. The monoisotopic (exact) mass is 382 g/mol. The van der Waals surface area contributed by atoms with Crippen LogP contribution in [0.3, 0.4) is 0 Å². The number of allylic oxidation sites excluding steroid dienone is 1. The Morgan fingerprint density at radius 1 is 1.18 bits per heavy atom. The fourth-order valence-corrected chi connectivity index (χ4v) is 3.75. The number of hydrogen-bond donors (Lipinski definition) is 1. The first kappa shape index (κ1) is 20.4. The summed E-state index contributed by atoms with van der Waals surface area (Å²) in [5.74, 6) is 0.185. The molecule has 1 unspecified atom stereocenters. The summed E-state index contributed by atoms with van der Waals surface area (Å²) in [7, 11) is 0. The molecule has 1 atom stereocenters. The number of ether oxygens (including phenoxy) is 1. The average molecular weight is 383 g/mol. The minimum Gasteiger partial charge on any atom is -0.488 e. The van der Waals surface area contributed by atoms with Gasteiger partial charge in [0.25, 0.3) is 0 Å². The molecule has 0 fully saturated rings. The first-order chi connectivity index (χ1) is 13.3. The molecule has 0 aromatic heterocycles. The Morgan fingerprint density at radius 3 is 2.54 bits per heavy atom. The highest BCUT2D eigenvalue weighted by molar-refractivity contribution is 5.39. The third-order valence-corrected chi connectivity index (χ3v) is 5.09. The minimum atomic E-state index is -0.186. The highest BCUT2D eigenvalue weighted by Gasteiger charge is 2.22. The molecule has 1 N–H and O–H groups in total. The fraction of sp³-hybridized carbons (Fsp3) is 0.417. The van der Waals surface area contributed by atoms with Crippen molar-refractivity contribution in [3.05, 3.63) is 76.7 Å². The van der Waals surface area contributed by atoms with Crippen LogP contribution in [-0.2, 0) is 19.5 Å². The zero-order valence-electron chi connectivity index (χ0n) is 17.4. The Labute approximate surface area is 168 Å². The topological polar surface area (TPSA) is 24.5 Å². The standard InChI is InChI=1S/C24H31FN2O/c1-16(2)26-18(5)20-8-6-19(7-9-20)14-27-13-12-22-21(15-27)10-11-23(24(22)25)28-17(3)4/h6-11,17-18,26H,1,12-15H2,2-5H3. The summed E-state index contributed by atoms with van der Waals surface area (Å²) in [5.41, 5.74) is 5.36. The quantitative estimate of drug-likeness (QED) is 0.698. The molecule has 0 bridgehead atoms. The Kier molecular flexibility index (Phi) is 6.40. The van der Waals surface area contributed by atoms with Crippen molar-refractivity contribution in [1.29, 1.82) is 0 Å². The van der Waals surface area contributed by atoms with Crippen molar-refractivity contribution in [2.24, 2.45) is 0 Å². The molecule has 2 aromatic rings. The summed E-state index contributed by atoms with van der Waals surface area (Å²) in [4.78, 5) is 2.37. The van der Waals surface area contributed by atoms with Gasteiger partial charge in [0.05, 0.1) is 6.10 Å². The number of halogens is 1. The maximum atomic E-state index is 14.7. The van der Waals surface area contributed by atoms with Crippen molar-refractivity contribution in [1.82, 2.24) is 10.2 Å². The second-order valence-corrected chi connectivity index (χ2v) is 8.03. The Bertz CT molecular complexity index is 829. The summed E-state index contributed by atoms with van der Waals surface area (Å²) in [6.07, 6.45) is 0.692. The van der Waals surface area contributed by atoms with E-state index in [1.54, 1.807) is 6.07 Å². The molecule has 3 nitrogen and oxygen atoms in total. The molecule has 1 aliphatic heterocycles. The van der Waals surface area contributed by atoms with Gasteiger partial charge in [0.15, 0.2) is 11.6 Å². The lowest BCUT2D eigenvalue weighted by atomic mass is 9.98. The zero-order chi connectivity index (χ0) is 20.3. The lowest BCUT2D eigenvalue weighted by molar-refractivity contribution is 0.223. The van der Waals surface area contributed by atoms with Crippen molar-refractivity contribution >= 4 is 0 Å². The molecule has 3 rings (SSSR count). The Hall–Kier alpha value is -2.33. The van der Waals surface area contributed by atoms with Crippen LogP contribution in [0.4, 0.5) is 4.39 Å². The van der Waals surface area contributed by atoms with E-state index in [4.69, 9.17) is 4.74 Å². The van der Waals surface area contributed by atoms with Crippen LogP contribution in [0.2, 0.25) is 0 Å². The van der Waals surface area contributed by atoms with Gasteiger partial charge in [0, 0.05) is 31.4 Å². The van der Waals surface area contributed by atoms with Crippen molar-refractivity contribution in [2.45, 2.75) is 59.4 Å². The summed E-state index contributed by atoms with van der Waals surface area (Å²) in [5, 5.41) is 3.34. The van der Waals surface area contributed by atoms with E-state index in [0.29, 0.717) is 12.2 Å². The molecule has 0 radical (unpaired) electrons. The number of benzene rings is 2. The zero-order valence-corrected chi connectivity index (χ0v) is 17.4. The SMILES string of the molecule is C=C(C)NC(C)c1ccc(CN2CCc3c(ccc(OC(C)C)c3F)C2)cc1. The molecule has 1 aliphatic rings. The van der Waals surface area contributed by atoms with E-state index >= 15 is 0 Å². The van der Waals surface area contributed by atoms with Crippen LogP contribution >= 0.6 is 0 Å². The van der Waals surface area contributed by atoms with Gasteiger partial charge >= 0.3 is 0 Å². The molecular weight excluding hydrogens is 351 g/mol. The first-order valence-electron chi connectivity index (χ1n) is 10.0. The number of nitrogens with zero attached hydrogens (tertiary/aromatic N) is 1. The molecule has 0 saturated carbocycles. The predicted molar refractivity (Wildman–Crippen MR) is 113 cm³/mol. The van der Waals surface area contributed by atoms with Crippen LogP contribution in [0.25, 0.3) is 0 Å². The van der Waals surface area contributed by atoms with E-state index in [1.165, 1.54) is 11.1 Å². The van der Waals surface area contributed by atoms with E-state index in [9.17, 15) is 4.39 Å². The molecule has 150 valence electrons. The van der Waals surface area contributed by atoms with Crippen molar-refractivity contribution in [3.63, 3.8) is 0 Å². The third-order valence-electron chi connectivity index (χ3n) is 5.09. The minimum absolute atomic E-state index is 0.0241. The summed E-state index contributed by atoms with van der Waals surface area (Å²) < 4.78 is 20.3. The van der Waals surface area contributed by atoms with Crippen molar-refractivity contribution in [2.75, 3.05) is 6.54 Å².